The first-order valence-electron chi connectivity index (χ1n) is 9.21. The van der Waals surface area contributed by atoms with Crippen LogP contribution in [0.1, 0.15) is 36.2 Å². The summed E-state index contributed by atoms with van der Waals surface area (Å²) >= 11 is 0. The fourth-order valence-electron chi connectivity index (χ4n) is 2.80. The van der Waals surface area contributed by atoms with Gasteiger partial charge in [0.25, 0.3) is 5.91 Å². The van der Waals surface area contributed by atoms with E-state index >= 15 is 0 Å². The van der Waals surface area contributed by atoms with Gasteiger partial charge in [-0.3, -0.25) is 9.59 Å². The van der Waals surface area contributed by atoms with Crippen LogP contribution in [0.15, 0.2) is 48.5 Å². The van der Waals surface area contributed by atoms with Crippen LogP contribution in [0.25, 0.3) is 0 Å². The van der Waals surface area contributed by atoms with Gasteiger partial charge in [-0.15, -0.1) is 0 Å². The third-order valence-corrected chi connectivity index (χ3v) is 4.27. The van der Waals surface area contributed by atoms with E-state index in [9.17, 15) is 14.4 Å². The predicted molar refractivity (Wildman–Crippen MR) is 109 cm³/mol. The number of anilines is 2. The second kappa shape index (κ2) is 10.1. The van der Waals surface area contributed by atoms with E-state index in [1.54, 1.807) is 47.4 Å². The monoisotopic (exact) mass is 383 g/mol. The second-order valence-corrected chi connectivity index (χ2v) is 6.20. The molecule has 0 spiro atoms. The summed E-state index contributed by atoms with van der Waals surface area (Å²) < 4.78 is 0. The van der Waals surface area contributed by atoms with Gasteiger partial charge in [0.1, 0.15) is 0 Å². The van der Waals surface area contributed by atoms with Crippen LogP contribution in [0.3, 0.4) is 0 Å². The van der Waals surface area contributed by atoms with Crippen LogP contribution in [0.2, 0.25) is 0 Å². The lowest BCUT2D eigenvalue weighted by Crippen LogP contribution is -2.31. The number of urea groups is 1. The van der Waals surface area contributed by atoms with Crippen molar-refractivity contribution < 1.29 is 19.5 Å². The topological polar surface area (TPSA) is 98.7 Å². The number of para-hydroxylation sites is 1. The number of carboxylic acids is 1. The Hall–Kier alpha value is -3.35. The minimum Gasteiger partial charge on any atom is -0.481 e. The molecule has 0 radical (unpaired) electrons. The van der Waals surface area contributed by atoms with Gasteiger partial charge in [-0.2, -0.15) is 0 Å². The molecule has 0 saturated carbocycles. The molecular weight excluding hydrogens is 358 g/mol. The average Bonchev–Trinajstić information content (AvgIpc) is 2.68. The van der Waals surface area contributed by atoms with Crippen molar-refractivity contribution in [1.29, 1.82) is 0 Å². The van der Waals surface area contributed by atoms with Crippen molar-refractivity contribution in [3.05, 3.63) is 59.7 Å². The van der Waals surface area contributed by atoms with Gasteiger partial charge >= 0.3 is 12.0 Å². The maximum absolute atomic E-state index is 12.6. The van der Waals surface area contributed by atoms with Gasteiger partial charge < -0.3 is 20.6 Å². The molecule has 0 aliphatic carbocycles. The van der Waals surface area contributed by atoms with E-state index in [1.807, 2.05) is 19.9 Å². The minimum atomic E-state index is -0.870. The normalized spacial score (nSPS) is 10.2. The fraction of sp³-hybridized carbons (Fsp3) is 0.286. The van der Waals surface area contributed by atoms with E-state index in [0.717, 1.165) is 5.56 Å². The quantitative estimate of drug-likeness (QED) is 0.645. The molecule has 0 bridgehead atoms. The Kier molecular flexibility index (Phi) is 7.56. The zero-order valence-corrected chi connectivity index (χ0v) is 16.1. The molecular formula is C21H25N3O4. The van der Waals surface area contributed by atoms with Crippen LogP contribution >= 0.6 is 0 Å². The van der Waals surface area contributed by atoms with E-state index in [1.165, 1.54) is 0 Å². The molecule has 2 aromatic rings. The Morgan fingerprint density at radius 1 is 0.964 bits per heavy atom. The standard InChI is InChI=1S/C21H25N3O4/c1-3-24(4-2)20(27)17-10-5-6-11-18(17)23-21(28)22-16-9-7-8-15(14-16)12-13-19(25)26/h5-11,14H,3-4,12-13H2,1-2H3,(H,25,26)(H2,22,23,28). The number of benzene rings is 2. The molecule has 2 rings (SSSR count). The van der Waals surface area contributed by atoms with Crippen molar-refractivity contribution in [2.75, 3.05) is 23.7 Å². The van der Waals surface area contributed by atoms with Crippen LogP contribution < -0.4 is 10.6 Å². The summed E-state index contributed by atoms with van der Waals surface area (Å²) in [6, 6.07) is 13.4. The molecule has 0 saturated heterocycles. The molecule has 0 atom stereocenters. The summed E-state index contributed by atoms with van der Waals surface area (Å²) in [4.78, 5) is 37.4. The summed E-state index contributed by atoms with van der Waals surface area (Å²) in [6.07, 6.45) is 0.407. The molecule has 3 amide bonds. The number of hydrogen-bond donors (Lipinski definition) is 3. The molecule has 0 fully saturated rings. The Morgan fingerprint density at radius 3 is 2.36 bits per heavy atom. The maximum Gasteiger partial charge on any atom is 0.323 e. The van der Waals surface area contributed by atoms with Gasteiger partial charge in [-0.1, -0.05) is 24.3 Å². The van der Waals surface area contributed by atoms with Crippen LogP contribution in [0, 0.1) is 0 Å². The lowest BCUT2D eigenvalue weighted by Gasteiger charge is -2.20. The van der Waals surface area contributed by atoms with Crippen LogP contribution in [0.5, 0.6) is 0 Å². The minimum absolute atomic E-state index is 0.0243. The summed E-state index contributed by atoms with van der Waals surface area (Å²) in [7, 11) is 0. The zero-order chi connectivity index (χ0) is 20.5. The van der Waals surface area contributed by atoms with Gasteiger partial charge in [-0.25, -0.2) is 4.79 Å². The highest BCUT2D eigenvalue weighted by molar-refractivity contribution is 6.06. The molecule has 0 aliphatic heterocycles. The van der Waals surface area contributed by atoms with E-state index in [2.05, 4.69) is 10.6 Å². The first kappa shape index (κ1) is 21.0. The highest BCUT2D eigenvalue weighted by Gasteiger charge is 2.17. The molecule has 0 aromatic heterocycles. The van der Waals surface area contributed by atoms with Crippen molar-refractivity contribution in [2.45, 2.75) is 26.7 Å². The van der Waals surface area contributed by atoms with Gasteiger partial charge in [0.2, 0.25) is 0 Å². The Morgan fingerprint density at radius 2 is 1.68 bits per heavy atom. The van der Waals surface area contributed by atoms with Crippen LogP contribution in [-0.2, 0) is 11.2 Å². The first-order valence-corrected chi connectivity index (χ1v) is 9.21. The highest BCUT2D eigenvalue weighted by atomic mass is 16.4. The molecule has 3 N–H and O–H groups in total. The smallest absolute Gasteiger partial charge is 0.323 e. The number of carboxylic acid groups (broad SMARTS) is 1. The van der Waals surface area contributed by atoms with E-state index in [4.69, 9.17) is 5.11 Å². The Labute approximate surface area is 164 Å². The first-order chi connectivity index (χ1) is 13.4. The summed E-state index contributed by atoms with van der Waals surface area (Å²) in [5, 5.41) is 14.2. The molecule has 2 aromatic carbocycles. The van der Waals surface area contributed by atoms with E-state index in [0.29, 0.717) is 36.4 Å². The molecule has 7 heteroatoms. The lowest BCUT2D eigenvalue weighted by molar-refractivity contribution is -0.136. The lowest BCUT2D eigenvalue weighted by atomic mass is 10.1. The molecule has 28 heavy (non-hydrogen) atoms. The SMILES string of the molecule is CCN(CC)C(=O)c1ccccc1NC(=O)Nc1cccc(CCC(=O)O)c1. The van der Waals surface area contributed by atoms with Crippen molar-refractivity contribution in [3.63, 3.8) is 0 Å². The molecule has 0 unspecified atom stereocenters. The second-order valence-electron chi connectivity index (χ2n) is 6.20. The number of carbonyl (C=O) groups excluding carboxylic acids is 2. The van der Waals surface area contributed by atoms with Gasteiger partial charge in [0, 0.05) is 25.2 Å². The van der Waals surface area contributed by atoms with Crippen LogP contribution in [0.4, 0.5) is 16.2 Å². The third kappa shape index (κ3) is 5.84. The van der Waals surface area contributed by atoms with Crippen LogP contribution in [-0.4, -0.2) is 41.0 Å². The Balaban J connectivity index is 2.09. The molecule has 148 valence electrons. The summed E-state index contributed by atoms with van der Waals surface area (Å²) in [5.74, 6) is -1.01. The third-order valence-electron chi connectivity index (χ3n) is 4.27. The summed E-state index contributed by atoms with van der Waals surface area (Å²) in [5.41, 5.74) is 2.22. The zero-order valence-electron chi connectivity index (χ0n) is 16.1. The molecule has 7 nitrogen and oxygen atoms in total. The largest absolute Gasteiger partial charge is 0.481 e. The Bertz CT molecular complexity index is 847. The number of nitrogens with zero attached hydrogens (tertiary/aromatic N) is 1. The van der Waals surface area contributed by atoms with Crippen molar-refractivity contribution in [3.8, 4) is 0 Å². The van der Waals surface area contributed by atoms with Gasteiger partial charge in [-0.05, 0) is 50.1 Å². The van der Waals surface area contributed by atoms with Crippen molar-refractivity contribution in [1.82, 2.24) is 4.90 Å². The number of hydrogen-bond acceptors (Lipinski definition) is 3. The van der Waals surface area contributed by atoms with Crippen molar-refractivity contribution >= 4 is 29.3 Å². The molecule has 0 aliphatic rings. The van der Waals surface area contributed by atoms with Crippen molar-refractivity contribution in [2.24, 2.45) is 0 Å². The predicted octanol–water partition coefficient (Wildman–Crippen LogP) is 3.83. The summed E-state index contributed by atoms with van der Waals surface area (Å²) in [6.45, 7) is 4.97. The van der Waals surface area contributed by atoms with Gasteiger partial charge in [0.15, 0.2) is 0 Å². The number of rotatable bonds is 8. The van der Waals surface area contributed by atoms with E-state index in [-0.39, 0.29) is 12.3 Å². The fourth-order valence-corrected chi connectivity index (χ4v) is 2.80. The number of carbonyl (C=O) groups is 3. The number of amides is 3. The number of aliphatic carboxylic acids is 1. The number of nitrogens with one attached hydrogen (secondary N) is 2. The maximum atomic E-state index is 12.6. The highest BCUT2D eigenvalue weighted by Crippen LogP contribution is 2.18. The van der Waals surface area contributed by atoms with Gasteiger partial charge in [0.05, 0.1) is 11.3 Å². The molecule has 0 heterocycles. The number of aryl methyl sites for hydroxylation is 1. The van der Waals surface area contributed by atoms with E-state index < -0.39 is 12.0 Å². The average molecular weight is 383 g/mol.